The molecule has 1 atom stereocenters. The van der Waals surface area contributed by atoms with Gasteiger partial charge in [0.15, 0.2) is 0 Å². The number of hydrogen-bond acceptors (Lipinski definition) is 4. The highest BCUT2D eigenvalue weighted by atomic mass is 35.5. The molecule has 0 radical (unpaired) electrons. The summed E-state index contributed by atoms with van der Waals surface area (Å²) in [5.74, 6) is 0.505. The second-order valence-electron chi connectivity index (χ2n) is 8.24. The number of para-hydroxylation sites is 1. The molecule has 6 nitrogen and oxygen atoms in total. The van der Waals surface area contributed by atoms with Gasteiger partial charge in [0.1, 0.15) is 5.82 Å². The number of imidazole rings is 1. The molecule has 156 valence electrons. The number of carboxylic acids is 1. The lowest BCUT2D eigenvalue weighted by atomic mass is 9.84. The van der Waals surface area contributed by atoms with Crippen LogP contribution in [0.4, 0.5) is 0 Å². The third-order valence-corrected chi connectivity index (χ3v) is 6.84. The standard InChI is InChI=1S/C23H25ClN4O2/c24-18-6-2-1-4-16(18)22-26-19-7-3-5-17(23(29)30)21(19)28(22)13-10-25-20-14-27-11-8-15(20)9-12-27/h1-7,15,20,25H,8-14H2,(H,29,30). The topological polar surface area (TPSA) is 70.4 Å². The summed E-state index contributed by atoms with van der Waals surface area (Å²) in [6.07, 6.45) is 2.53. The van der Waals surface area contributed by atoms with Crippen LogP contribution >= 0.6 is 11.6 Å². The molecule has 3 saturated heterocycles. The van der Waals surface area contributed by atoms with Gasteiger partial charge in [0.2, 0.25) is 0 Å². The van der Waals surface area contributed by atoms with Gasteiger partial charge in [0.05, 0.1) is 21.6 Å². The number of carbonyl (C=O) groups is 1. The van der Waals surface area contributed by atoms with E-state index < -0.39 is 5.97 Å². The van der Waals surface area contributed by atoms with Gasteiger partial charge in [-0.2, -0.15) is 0 Å². The molecule has 3 aliphatic rings. The van der Waals surface area contributed by atoms with Gasteiger partial charge in [0, 0.05) is 31.2 Å². The van der Waals surface area contributed by atoms with E-state index in [1.807, 2.05) is 34.9 Å². The highest BCUT2D eigenvalue weighted by molar-refractivity contribution is 6.33. The number of nitrogens with zero attached hydrogens (tertiary/aromatic N) is 3. The third kappa shape index (κ3) is 3.49. The van der Waals surface area contributed by atoms with Crippen LogP contribution < -0.4 is 5.32 Å². The zero-order valence-corrected chi connectivity index (χ0v) is 17.5. The van der Waals surface area contributed by atoms with Gasteiger partial charge >= 0.3 is 5.97 Å². The molecule has 30 heavy (non-hydrogen) atoms. The van der Waals surface area contributed by atoms with Crippen LogP contribution in [-0.2, 0) is 6.54 Å². The number of halogens is 1. The highest BCUT2D eigenvalue weighted by Gasteiger charge is 2.33. The maximum absolute atomic E-state index is 11.9. The van der Waals surface area contributed by atoms with Crippen molar-refractivity contribution in [1.29, 1.82) is 0 Å². The Kier molecular flexibility index (Phi) is 5.23. The molecule has 7 heteroatoms. The smallest absolute Gasteiger partial charge is 0.337 e. The number of nitrogens with one attached hydrogen (secondary N) is 1. The first-order valence-electron chi connectivity index (χ1n) is 10.5. The Morgan fingerprint density at radius 1 is 1.17 bits per heavy atom. The van der Waals surface area contributed by atoms with Crippen molar-refractivity contribution in [1.82, 2.24) is 19.8 Å². The molecule has 6 rings (SSSR count). The van der Waals surface area contributed by atoms with Crippen molar-refractivity contribution < 1.29 is 9.90 Å². The number of aromatic nitrogens is 2. The Morgan fingerprint density at radius 2 is 1.97 bits per heavy atom. The minimum atomic E-state index is -0.946. The largest absolute Gasteiger partial charge is 0.478 e. The molecular formula is C23H25ClN4O2. The SMILES string of the molecule is O=C(O)c1cccc2nc(-c3ccccc3Cl)n(CCNC3CN4CCC3CC4)c12. The van der Waals surface area contributed by atoms with E-state index in [2.05, 4.69) is 10.2 Å². The Hall–Kier alpha value is -2.41. The predicted molar refractivity (Wildman–Crippen MR) is 118 cm³/mol. The summed E-state index contributed by atoms with van der Waals surface area (Å²) in [6.45, 7) is 4.92. The van der Waals surface area contributed by atoms with E-state index in [1.54, 1.807) is 12.1 Å². The van der Waals surface area contributed by atoms with Crippen molar-refractivity contribution >= 4 is 28.6 Å². The lowest BCUT2D eigenvalue weighted by molar-refractivity contribution is 0.0698. The van der Waals surface area contributed by atoms with Crippen molar-refractivity contribution in [2.75, 3.05) is 26.2 Å². The van der Waals surface area contributed by atoms with Gasteiger partial charge in [-0.3, -0.25) is 0 Å². The lowest BCUT2D eigenvalue weighted by Gasteiger charge is -2.45. The van der Waals surface area contributed by atoms with E-state index in [-0.39, 0.29) is 5.56 Å². The average molecular weight is 425 g/mol. The molecule has 0 saturated carbocycles. The van der Waals surface area contributed by atoms with E-state index in [4.69, 9.17) is 16.6 Å². The van der Waals surface area contributed by atoms with Crippen molar-refractivity contribution in [3.05, 3.63) is 53.1 Å². The molecule has 3 aliphatic heterocycles. The summed E-state index contributed by atoms with van der Waals surface area (Å²) in [5, 5.41) is 14.1. The van der Waals surface area contributed by atoms with Gasteiger partial charge in [-0.15, -0.1) is 0 Å². The second kappa shape index (κ2) is 8.02. The fourth-order valence-corrected chi connectivity index (χ4v) is 5.20. The zero-order chi connectivity index (χ0) is 20.7. The average Bonchev–Trinajstić information content (AvgIpc) is 3.13. The van der Waals surface area contributed by atoms with Crippen LogP contribution in [0.5, 0.6) is 0 Å². The Labute approximate surface area is 180 Å². The van der Waals surface area contributed by atoms with E-state index in [0.29, 0.717) is 34.5 Å². The van der Waals surface area contributed by atoms with Crippen LogP contribution in [0.1, 0.15) is 23.2 Å². The number of carboxylic acid groups (broad SMARTS) is 1. The van der Waals surface area contributed by atoms with Crippen LogP contribution in [-0.4, -0.2) is 57.7 Å². The predicted octanol–water partition coefficient (Wildman–Crippen LogP) is 3.74. The number of hydrogen-bond donors (Lipinski definition) is 2. The minimum absolute atomic E-state index is 0.265. The fraction of sp³-hybridized carbons (Fsp3) is 0.391. The van der Waals surface area contributed by atoms with Crippen molar-refractivity contribution in [3.8, 4) is 11.4 Å². The first kappa shape index (κ1) is 19.5. The first-order chi connectivity index (χ1) is 14.6. The number of piperidine rings is 3. The minimum Gasteiger partial charge on any atom is -0.478 e. The highest BCUT2D eigenvalue weighted by Crippen LogP contribution is 2.32. The molecule has 0 aliphatic carbocycles. The lowest BCUT2D eigenvalue weighted by Crippen LogP contribution is -2.56. The normalized spacial score (nSPS) is 23.2. The molecule has 0 amide bonds. The maximum atomic E-state index is 11.9. The quantitative estimate of drug-likeness (QED) is 0.630. The van der Waals surface area contributed by atoms with Gasteiger partial charge in [-0.25, -0.2) is 9.78 Å². The van der Waals surface area contributed by atoms with Gasteiger partial charge in [-0.05, 0) is 56.1 Å². The maximum Gasteiger partial charge on any atom is 0.337 e. The summed E-state index contributed by atoms with van der Waals surface area (Å²) in [5.41, 5.74) is 2.40. The van der Waals surface area contributed by atoms with Crippen LogP contribution in [0.3, 0.4) is 0 Å². The van der Waals surface area contributed by atoms with Crippen LogP contribution in [0, 0.1) is 5.92 Å². The third-order valence-electron chi connectivity index (χ3n) is 6.51. The summed E-state index contributed by atoms with van der Waals surface area (Å²) < 4.78 is 2.01. The number of benzene rings is 2. The van der Waals surface area contributed by atoms with Crippen molar-refractivity contribution in [2.45, 2.75) is 25.4 Å². The van der Waals surface area contributed by atoms with Crippen LogP contribution in [0.2, 0.25) is 5.02 Å². The molecular weight excluding hydrogens is 400 g/mol. The van der Waals surface area contributed by atoms with Gasteiger partial charge in [-0.1, -0.05) is 29.8 Å². The van der Waals surface area contributed by atoms with E-state index in [1.165, 1.54) is 25.9 Å². The molecule has 2 bridgehead atoms. The summed E-state index contributed by atoms with van der Waals surface area (Å²) in [6, 6.07) is 13.3. The first-order valence-corrected chi connectivity index (χ1v) is 10.9. The molecule has 0 spiro atoms. The molecule has 1 unspecified atom stereocenters. The second-order valence-corrected chi connectivity index (χ2v) is 8.65. The number of aromatic carboxylic acids is 1. The zero-order valence-electron chi connectivity index (χ0n) is 16.7. The molecule has 4 heterocycles. The van der Waals surface area contributed by atoms with Crippen LogP contribution in [0.15, 0.2) is 42.5 Å². The fourth-order valence-electron chi connectivity index (χ4n) is 4.98. The van der Waals surface area contributed by atoms with Crippen molar-refractivity contribution in [2.24, 2.45) is 5.92 Å². The summed E-state index contributed by atoms with van der Waals surface area (Å²) in [4.78, 5) is 19.2. The van der Waals surface area contributed by atoms with E-state index >= 15 is 0 Å². The Bertz CT molecular complexity index is 1090. The summed E-state index contributed by atoms with van der Waals surface area (Å²) >= 11 is 6.47. The van der Waals surface area contributed by atoms with Crippen molar-refractivity contribution in [3.63, 3.8) is 0 Å². The van der Waals surface area contributed by atoms with Crippen LogP contribution in [0.25, 0.3) is 22.4 Å². The Balaban J connectivity index is 1.49. The Morgan fingerprint density at radius 3 is 2.67 bits per heavy atom. The monoisotopic (exact) mass is 424 g/mol. The molecule has 3 fully saturated rings. The van der Waals surface area contributed by atoms with Gasteiger partial charge in [0.25, 0.3) is 0 Å². The number of rotatable bonds is 6. The summed E-state index contributed by atoms with van der Waals surface area (Å²) in [7, 11) is 0. The van der Waals surface area contributed by atoms with E-state index in [9.17, 15) is 9.90 Å². The molecule has 1 aromatic heterocycles. The van der Waals surface area contributed by atoms with Gasteiger partial charge < -0.3 is 19.9 Å². The number of fused-ring (bicyclic) bond motifs is 4. The van der Waals surface area contributed by atoms with E-state index in [0.717, 1.165) is 24.6 Å². The molecule has 2 aromatic carbocycles. The molecule has 3 aromatic rings. The molecule has 2 N–H and O–H groups in total.